The van der Waals surface area contributed by atoms with Gasteiger partial charge in [0.25, 0.3) is 11.8 Å². The van der Waals surface area contributed by atoms with E-state index in [0.717, 1.165) is 18.6 Å². The molecule has 3 fully saturated rings. The van der Waals surface area contributed by atoms with Gasteiger partial charge in [0.1, 0.15) is 34.8 Å². The van der Waals surface area contributed by atoms with E-state index in [-0.39, 0.29) is 59.9 Å². The standard InChI is InChI=1S/C42H46F3N7O9S/c1-40(2,3)61-39(56)47-29-12-8-6-4-5-7-10-25-21-41(25,38(55)51-62(57,58)27-17-18-27)50-34(53)30-20-26(22-52(30)37(29)54)59-36-32-31(28-11-9-19-46-35(28)60-32)48-33(49-36)23-13-15-24(16-14-23)42(43,44)45/h7,9-11,13-16,19,25-27,29-30H,4-6,8,12,17-18,20-22H2,1-3H3,(H,47,56)(H,50,53)(H,51,55)/t25-,26-,29+,30+,41-/m1/s1. The van der Waals surface area contributed by atoms with Crippen LogP contribution in [0, 0.1) is 5.92 Å². The largest absolute Gasteiger partial charge is 0.470 e. The number of furan rings is 1. The number of rotatable bonds is 7. The Morgan fingerprint density at radius 2 is 1.77 bits per heavy atom. The number of hydrogen-bond acceptors (Lipinski definition) is 12. The van der Waals surface area contributed by atoms with Crippen molar-refractivity contribution in [3.8, 4) is 17.3 Å². The van der Waals surface area contributed by atoms with E-state index in [1.54, 1.807) is 39.0 Å². The van der Waals surface area contributed by atoms with Gasteiger partial charge in [-0.15, -0.1) is 0 Å². The minimum atomic E-state index is -4.58. The van der Waals surface area contributed by atoms with Crippen LogP contribution in [-0.4, -0.2) is 93.2 Å². The Balaban J connectivity index is 1.15. The molecule has 4 aromatic rings. The molecule has 62 heavy (non-hydrogen) atoms. The molecule has 16 nitrogen and oxygen atoms in total. The average molecular weight is 882 g/mol. The number of nitrogens with one attached hydrogen (secondary N) is 3. The Bertz CT molecular complexity index is 2560. The molecule has 3 N–H and O–H groups in total. The molecule has 3 aromatic heterocycles. The number of allylic oxidation sites excluding steroid dienone is 1. The minimum Gasteiger partial charge on any atom is -0.470 e. The quantitative estimate of drug-likeness (QED) is 0.191. The maximum Gasteiger partial charge on any atom is 0.416 e. The number of carbonyl (C=O) groups excluding carboxylic acids is 4. The monoisotopic (exact) mass is 881 g/mol. The van der Waals surface area contributed by atoms with Crippen LogP contribution in [-0.2, 0) is 35.3 Å². The lowest BCUT2D eigenvalue weighted by Crippen LogP contribution is -2.58. The SMILES string of the molecule is CC(C)(C)OC(=O)N[C@H]1CCCCCC=C[C@@H]2C[C@@]2(C(=O)NS(=O)(=O)C2CC2)NC(=O)[C@@H]2C[C@@H](Oc3nc(-c4ccc(C(F)(F)F)cc4)nc4c3oc3ncccc34)CN2C1=O. The fraction of sp³-hybridized carbons (Fsp3) is 0.500. The number of aromatic nitrogens is 3. The summed E-state index contributed by atoms with van der Waals surface area (Å²) in [5, 5.41) is 5.27. The normalized spacial score (nSPS) is 25.0. The highest BCUT2D eigenvalue weighted by molar-refractivity contribution is 7.91. The van der Waals surface area contributed by atoms with Crippen LogP contribution >= 0.6 is 0 Å². The predicted molar refractivity (Wildman–Crippen MR) is 217 cm³/mol. The number of nitrogens with zero attached hydrogens (tertiary/aromatic N) is 4. The smallest absolute Gasteiger partial charge is 0.416 e. The summed E-state index contributed by atoms with van der Waals surface area (Å²) in [6, 6.07) is 5.18. The van der Waals surface area contributed by atoms with Crippen LogP contribution < -0.4 is 20.1 Å². The zero-order valence-electron chi connectivity index (χ0n) is 34.2. The van der Waals surface area contributed by atoms with E-state index < -0.39 is 86.1 Å². The van der Waals surface area contributed by atoms with E-state index in [9.17, 15) is 40.8 Å². The molecule has 2 aliphatic heterocycles. The predicted octanol–water partition coefficient (Wildman–Crippen LogP) is 5.70. The first-order chi connectivity index (χ1) is 29.3. The number of halogens is 3. The van der Waals surface area contributed by atoms with Crippen molar-refractivity contribution in [1.29, 1.82) is 0 Å². The molecule has 4 aliphatic rings. The number of alkyl halides is 3. The minimum absolute atomic E-state index is 0.00185. The van der Waals surface area contributed by atoms with Crippen molar-refractivity contribution < 1.29 is 54.7 Å². The summed E-state index contributed by atoms with van der Waals surface area (Å²) in [5.74, 6) is -2.91. The second-order valence-electron chi connectivity index (χ2n) is 17.3. The summed E-state index contributed by atoms with van der Waals surface area (Å²) in [6.45, 7) is 4.82. The number of fused-ring (bicyclic) bond motifs is 5. The maximum atomic E-state index is 14.7. The van der Waals surface area contributed by atoms with Gasteiger partial charge in [0.05, 0.1) is 22.7 Å². The van der Waals surface area contributed by atoms with Crippen LogP contribution in [0.1, 0.15) is 84.1 Å². The lowest BCUT2D eigenvalue weighted by molar-refractivity contribution is -0.141. The zero-order valence-corrected chi connectivity index (χ0v) is 35.0. The molecule has 5 atom stereocenters. The summed E-state index contributed by atoms with van der Waals surface area (Å²) in [5.41, 5.74) is -2.66. The van der Waals surface area contributed by atoms with Crippen LogP contribution in [0.15, 0.2) is 59.2 Å². The molecule has 2 aliphatic carbocycles. The molecule has 0 radical (unpaired) electrons. The summed E-state index contributed by atoms with van der Waals surface area (Å²) in [4.78, 5) is 70.9. The Kier molecular flexibility index (Phi) is 11.2. The maximum absolute atomic E-state index is 14.7. The molecular weight excluding hydrogens is 836 g/mol. The van der Waals surface area contributed by atoms with Crippen molar-refractivity contribution in [3.05, 3.63) is 60.3 Å². The van der Waals surface area contributed by atoms with Crippen molar-refractivity contribution in [1.82, 2.24) is 35.2 Å². The lowest BCUT2D eigenvalue weighted by Gasteiger charge is -2.30. The topological polar surface area (TPSA) is 212 Å². The number of alkyl carbamates (subject to hydrolysis) is 1. The zero-order chi connectivity index (χ0) is 44.2. The molecule has 0 unspecified atom stereocenters. The Hall–Kier alpha value is -5.79. The number of carbonyl (C=O) groups is 4. The number of pyridine rings is 1. The molecule has 4 amide bonds. The molecule has 0 bridgehead atoms. The molecule has 20 heteroatoms. The molecule has 1 saturated heterocycles. The van der Waals surface area contributed by atoms with Gasteiger partial charge in [0, 0.05) is 24.1 Å². The van der Waals surface area contributed by atoms with E-state index >= 15 is 0 Å². The number of hydrogen-bond donors (Lipinski definition) is 3. The molecule has 8 rings (SSSR count). The van der Waals surface area contributed by atoms with Crippen LogP contribution in [0.3, 0.4) is 0 Å². The van der Waals surface area contributed by atoms with E-state index in [1.807, 2.05) is 6.08 Å². The molecule has 5 heterocycles. The Morgan fingerprint density at radius 3 is 2.48 bits per heavy atom. The second kappa shape index (κ2) is 16.2. The van der Waals surface area contributed by atoms with Crippen molar-refractivity contribution in [2.24, 2.45) is 5.92 Å². The third-order valence-electron chi connectivity index (χ3n) is 11.3. The highest BCUT2D eigenvalue weighted by Crippen LogP contribution is 2.46. The van der Waals surface area contributed by atoms with Gasteiger partial charge in [-0.1, -0.05) is 37.1 Å². The van der Waals surface area contributed by atoms with Gasteiger partial charge in [-0.2, -0.15) is 18.2 Å². The third-order valence-corrected chi connectivity index (χ3v) is 13.2. The Morgan fingerprint density at radius 1 is 1.02 bits per heavy atom. The first-order valence-electron chi connectivity index (χ1n) is 20.6. The van der Waals surface area contributed by atoms with E-state index in [1.165, 1.54) is 23.2 Å². The second-order valence-corrected chi connectivity index (χ2v) is 19.2. The van der Waals surface area contributed by atoms with Gasteiger partial charge in [0.2, 0.25) is 33.1 Å². The van der Waals surface area contributed by atoms with Crippen molar-refractivity contribution in [2.45, 2.75) is 119 Å². The third kappa shape index (κ3) is 9.05. The first kappa shape index (κ1) is 42.9. The van der Waals surface area contributed by atoms with Gasteiger partial charge >= 0.3 is 12.3 Å². The lowest BCUT2D eigenvalue weighted by atomic mass is 10.0. The molecule has 2 saturated carbocycles. The van der Waals surface area contributed by atoms with Crippen LogP contribution in [0.5, 0.6) is 5.88 Å². The van der Waals surface area contributed by atoms with E-state index in [0.29, 0.717) is 37.5 Å². The van der Waals surface area contributed by atoms with Gasteiger partial charge in [-0.05, 0) is 83.6 Å². The van der Waals surface area contributed by atoms with E-state index in [4.69, 9.17) is 13.9 Å². The number of benzene rings is 1. The van der Waals surface area contributed by atoms with Crippen LogP contribution in [0.4, 0.5) is 18.0 Å². The van der Waals surface area contributed by atoms with Crippen LogP contribution in [0.25, 0.3) is 33.6 Å². The fourth-order valence-electron chi connectivity index (χ4n) is 7.93. The van der Waals surface area contributed by atoms with Crippen molar-refractivity contribution in [2.75, 3.05) is 6.54 Å². The fourth-order valence-corrected chi connectivity index (χ4v) is 9.29. The summed E-state index contributed by atoms with van der Waals surface area (Å²) < 4.78 is 86.4. The number of sulfonamides is 1. The summed E-state index contributed by atoms with van der Waals surface area (Å²) >= 11 is 0. The highest BCUT2D eigenvalue weighted by atomic mass is 32.2. The average Bonchev–Trinajstić information content (AvgIpc) is 4.10. The molecule has 1 aromatic carbocycles. The summed E-state index contributed by atoms with van der Waals surface area (Å²) in [6.07, 6.45) is 2.37. The molecule has 0 spiro atoms. The van der Waals surface area contributed by atoms with Gasteiger partial charge in [-0.25, -0.2) is 23.2 Å². The van der Waals surface area contributed by atoms with E-state index in [2.05, 4.69) is 30.3 Å². The summed E-state index contributed by atoms with van der Waals surface area (Å²) in [7, 11) is -3.98. The highest BCUT2D eigenvalue weighted by Gasteiger charge is 2.62. The number of amides is 4. The van der Waals surface area contributed by atoms with Crippen molar-refractivity contribution in [3.63, 3.8) is 0 Å². The van der Waals surface area contributed by atoms with Crippen LogP contribution in [0.2, 0.25) is 0 Å². The van der Waals surface area contributed by atoms with Gasteiger partial charge in [-0.3, -0.25) is 19.1 Å². The van der Waals surface area contributed by atoms with Gasteiger partial charge in [0.15, 0.2) is 5.82 Å². The van der Waals surface area contributed by atoms with Crippen molar-refractivity contribution >= 4 is 56.0 Å². The molecule has 330 valence electrons. The Labute approximate surface area is 354 Å². The number of ether oxygens (including phenoxy) is 2. The van der Waals surface area contributed by atoms with Gasteiger partial charge < -0.3 is 29.4 Å². The molecular formula is C42H46F3N7O9S. The first-order valence-corrected chi connectivity index (χ1v) is 22.1.